The molecule has 5 heteroatoms. The van der Waals surface area contributed by atoms with Gasteiger partial charge in [0.2, 0.25) is 0 Å². The zero-order valence-corrected chi connectivity index (χ0v) is 22.2. The summed E-state index contributed by atoms with van der Waals surface area (Å²) in [6.07, 6.45) is 4.07. The average molecular weight is 496 g/mol. The highest BCUT2D eigenvalue weighted by Gasteiger charge is 2.35. The van der Waals surface area contributed by atoms with E-state index in [1.807, 2.05) is 24.3 Å². The molecule has 0 spiro atoms. The number of carbonyl (C=O) groups is 1. The predicted octanol–water partition coefficient (Wildman–Crippen LogP) is 5.94. The quantitative estimate of drug-likeness (QED) is 0.407. The molecule has 37 heavy (non-hydrogen) atoms. The lowest BCUT2D eigenvalue weighted by Crippen LogP contribution is -2.42. The zero-order chi connectivity index (χ0) is 25.8. The molecule has 5 nitrogen and oxygen atoms in total. The molecule has 0 N–H and O–H groups in total. The lowest BCUT2D eigenvalue weighted by atomic mass is 9.90. The molecule has 1 amide bonds. The van der Waals surface area contributed by atoms with Crippen LogP contribution in [0.2, 0.25) is 0 Å². The molecule has 0 aliphatic carbocycles. The maximum atomic E-state index is 13.7. The van der Waals surface area contributed by atoms with E-state index in [4.69, 9.17) is 9.84 Å². The number of aryl methyl sites for hydroxylation is 2. The molecule has 3 aromatic carbocycles. The standard InChI is InChI=1S/C32H37N3O2/c1-23-12-13-24(2)29(18-23)31-21-30(27-10-7-11-28(20-27)37-3)33-35(31)32(36)22-34-16-14-26(15-17-34)19-25-8-5-4-6-9-25/h4-13,18,20,26,31H,14-17,19,21-22H2,1-3H3/t31-/m0/s1. The van der Waals surface area contributed by atoms with Crippen LogP contribution < -0.4 is 4.74 Å². The number of ether oxygens (including phenoxy) is 1. The average Bonchev–Trinajstić information content (AvgIpc) is 3.37. The largest absolute Gasteiger partial charge is 0.497 e. The molecular weight excluding hydrogens is 458 g/mol. The first-order valence-electron chi connectivity index (χ1n) is 13.4. The van der Waals surface area contributed by atoms with Crippen LogP contribution in [0, 0.1) is 19.8 Å². The molecule has 5 rings (SSSR count). The van der Waals surface area contributed by atoms with E-state index < -0.39 is 0 Å². The van der Waals surface area contributed by atoms with E-state index in [1.54, 1.807) is 12.1 Å². The summed E-state index contributed by atoms with van der Waals surface area (Å²) in [5, 5.41) is 6.67. The number of nitrogens with zero attached hydrogens (tertiary/aromatic N) is 3. The summed E-state index contributed by atoms with van der Waals surface area (Å²) in [6, 6.07) is 25.1. The van der Waals surface area contributed by atoms with Gasteiger partial charge < -0.3 is 4.74 Å². The van der Waals surface area contributed by atoms with Gasteiger partial charge in [-0.3, -0.25) is 9.69 Å². The molecule has 2 aliphatic heterocycles. The number of hydrazone groups is 1. The second-order valence-electron chi connectivity index (χ2n) is 10.5. The maximum Gasteiger partial charge on any atom is 0.257 e. The first-order chi connectivity index (χ1) is 18.0. The van der Waals surface area contributed by atoms with Crippen LogP contribution in [-0.2, 0) is 11.2 Å². The van der Waals surface area contributed by atoms with Gasteiger partial charge in [0.15, 0.2) is 0 Å². The van der Waals surface area contributed by atoms with Crippen LogP contribution >= 0.6 is 0 Å². The van der Waals surface area contributed by atoms with Crippen LogP contribution in [0.3, 0.4) is 0 Å². The van der Waals surface area contributed by atoms with Crippen LogP contribution in [0.4, 0.5) is 0 Å². The summed E-state index contributed by atoms with van der Waals surface area (Å²) in [7, 11) is 1.67. The first-order valence-corrected chi connectivity index (χ1v) is 13.4. The number of benzene rings is 3. The Labute approximate surface area is 220 Å². The lowest BCUT2D eigenvalue weighted by molar-refractivity contribution is -0.134. The Kier molecular flexibility index (Phi) is 7.71. The highest BCUT2D eigenvalue weighted by molar-refractivity contribution is 6.03. The Balaban J connectivity index is 1.31. The van der Waals surface area contributed by atoms with Crippen LogP contribution in [-0.4, -0.2) is 48.3 Å². The van der Waals surface area contributed by atoms with Crippen molar-refractivity contribution in [3.63, 3.8) is 0 Å². The van der Waals surface area contributed by atoms with E-state index >= 15 is 0 Å². The second kappa shape index (κ2) is 11.3. The number of piperidine rings is 1. The van der Waals surface area contributed by atoms with Crippen molar-refractivity contribution in [1.29, 1.82) is 0 Å². The van der Waals surface area contributed by atoms with Crippen LogP contribution in [0.15, 0.2) is 77.9 Å². The Morgan fingerprint density at radius 2 is 1.76 bits per heavy atom. The van der Waals surface area contributed by atoms with E-state index in [0.717, 1.165) is 49.4 Å². The number of likely N-dealkylation sites (tertiary alicyclic amines) is 1. The summed E-state index contributed by atoms with van der Waals surface area (Å²) in [5.74, 6) is 1.55. The zero-order valence-electron chi connectivity index (χ0n) is 22.2. The van der Waals surface area contributed by atoms with Gasteiger partial charge in [-0.25, -0.2) is 5.01 Å². The minimum absolute atomic E-state index is 0.0744. The third-order valence-corrected chi connectivity index (χ3v) is 7.80. The topological polar surface area (TPSA) is 45.1 Å². The molecule has 0 unspecified atom stereocenters. The van der Waals surface area contributed by atoms with Crippen LogP contribution in [0.25, 0.3) is 0 Å². The van der Waals surface area contributed by atoms with Gasteiger partial charge in [-0.1, -0.05) is 66.2 Å². The number of hydrogen-bond donors (Lipinski definition) is 0. The van der Waals surface area contributed by atoms with Crippen molar-refractivity contribution in [3.05, 3.63) is 101 Å². The molecule has 1 fully saturated rings. The van der Waals surface area contributed by atoms with E-state index in [1.165, 1.54) is 22.3 Å². The van der Waals surface area contributed by atoms with Gasteiger partial charge in [0.1, 0.15) is 5.75 Å². The SMILES string of the molecule is COc1cccc(C2=NN(C(=O)CN3CCC(Cc4ccccc4)CC3)[C@H](c3cc(C)ccc3C)C2)c1. The normalized spacial score (nSPS) is 18.6. The highest BCUT2D eigenvalue weighted by atomic mass is 16.5. The molecule has 0 bridgehead atoms. The smallest absolute Gasteiger partial charge is 0.257 e. The van der Waals surface area contributed by atoms with Crippen molar-refractivity contribution in [2.75, 3.05) is 26.7 Å². The summed E-state index contributed by atoms with van der Waals surface area (Å²) in [5.41, 5.74) is 6.91. The van der Waals surface area contributed by atoms with Gasteiger partial charge in [0.05, 0.1) is 25.4 Å². The fourth-order valence-electron chi connectivity index (χ4n) is 5.64. The minimum atomic E-state index is -0.0933. The van der Waals surface area contributed by atoms with Crippen LogP contribution in [0.5, 0.6) is 5.75 Å². The predicted molar refractivity (Wildman–Crippen MR) is 149 cm³/mol. The van der Waals surface area contributed by atoms with E-state index in [2.05, 4.69) is 67.3 Å². The van der Waals surface area contributed by atoms with Gasteiger partial charge in [0, 0.05) is 12.0 Å². The van der Waals surface area contributed by atoms with E-state index in [0.29, 0.717) is 18.9 Å². The van der Waals surface area contributed by atoms with Crippen LogP contribution in [0.1, 0.15) is 53.1 Å². The third-order valence-electron chi connectivity index (χ3n) is 7.80. The molecule has 3 aromatic rings. The minimum Gasteiger partial charge on any atom is -0.497 e. The Morgan fingerprint density at radius 1 is 0.973 bits per heavy atom. The van der Waals surface area contributed by atoms with Crippen molar-refractivity contribution in [2.45, 2.75) is 45.6 Å². The van der Waals surface area contributed by atoms with Crippen molar-refractivity contribution in [2.24, 2.45) is 11.0 Å². The third kappa shape index (κ3) is 5.94. The van der Waals surface area contributed by atoms with Crippen molar-refractivity contribution in [1.82, 2.24) is 9.91 Å². The summed E-state index contributed by atoms with van der Waals surface area (Å²) < 4.78 is 5.44. The summed E-state index contributed by atoms with van der Waals surface area (Å²) in [4.78, 5) is 16.0. The number of amides is 1. The maximum absolute atomic E-state index is 13.7. The van der Waals surface area contributed by atoms with Crippen molar-refractivity contribution >= 4 is 11.6 Å². The van der Waals surface area contributed by atoms with Gasteiger partial charge in [-0.2, -0.15) is 5.10 Å². The Bertz CT molecular complexity index is 1260. The summed E-state index contributed by atoms with van der Waals surface area (Å²) >= 11 is 0. The first kappa shape index (κ1) is 25.2. The second-order valence-corrected chi connectivity index (χ2v) is 10.5. The molecule has 1 saturated heterocycles. The fourth-order valence-corrected chi connectivity index (χ4v) is 5.64. The Morgan fingerprint density at radius 3 is 2.51 bits per heavy atom. The molecule has 192 valence electrons. The van der Waals surface area contributed by atoms with Gasteiger partial charge >= 0.3 is 0 Å². The lowest BCUT2D eigenvalue weighted by Gasteiger charge is -2.33. The molecule has 0 aromatic heterocycles. The van der Waals surface area contributed by atoms with Crippen molar-refractivity contribution in [3.8, 4) is 5.75 Å². The molecule has 2 aliphatic rings. The molecule has 0 radical (unpaired) electrons. The number of methoxy groups -OCH3 is 1. The molecule has 2 heterocycles. The van der Waals surface area contributed by atoms with E-state index in [9.17, 15) is 4.79 Å². The van der Waals surface area contributed by atoms with Gasteiger partial charge in [-0.05, 0) is 80.9 Å². The number of hydrogen-bond acceptors (Lipinski definition) is 4. The Hall–Kier alpha value is -3.44. The van der Waals surface area contributed by atoms with Gasteiger partial charge in [0.25, 0.3) is 5.91 Å². The molecule has 1 atom stereocenters. The highest BCUT2D eigenvalue weighted by Crippen LogP contribution is 2.36. The van der Waals surface area contributed by atoms with Crippen molar-refractivity contribution < 1.29 is 9.53 Å². The monoisotopic (exact) mass is 495 g/mol. The molecule has 0 saturated carbocycles. The van der Waals surface area contributed by atoms with E-state index in [-0.39, 0.29) is 11.9 Å². The summed E-state index contributed by atoms with van der Waals surface area (Å²) in [6.45, 7) is 6.55. The molecular formula is C32H37N3O2. The van der Waals surface area contributed by atoms with Gasteiger partial charge in [-0.15, -0.1) is 0 Å². The number of carbonyl (C=O) groups excluding carboxylic acids is 1. The fraction of sp³-hybridized carbons (Fsp3) is 0.375. The number of rotatable bonds is 7.